The van der Waals surface area contributed by atoms with E-state index in [9.17, 15) is 9.90 Å². The first-order valence-electron chi connectivity index (χ1n) is 7.64. The van der Waals surface area contributed by atoms with Gasteiger partial charge in [0.1, 0.15) is 5.75 Å². The van der Waals surface area contributed by atoms with Gasteiger partial charge in [-0.3, -0.25) is 9.48 Å². The molecule has 1 fully saturated rings. The summed E-state index contributed by atoms with van der Waals surface area (Å²) in [5.41, 5.74) is 0.970. The van der Waals surface area contributed by atoms with Crippen LogP contribution in [0.3, 0.4) is 0 Å². The number of nitrogens with zero attached hydrogens (tertiary/aromatic N) is 2. The Hall–Kier alpha value is -2.34. The molecule has 0 unspecified atom stereocenters. The summed E-state index contributed by atoms with van der Waals surface area (Å²) in [6.45, 7) is 2.37. The predicted molar refractivity (Wildman–Crippen MR) is 85.4 cm³/mol. The molecule has 0 spiro atoms. The lowest BCUT2D eigenvalue weighted by molar-refractivity contribution is -0.0366. The van der Waals surface area contributed by atoms with Gasteiger partial charge in [-0.25, -0.2) is 0 Å². The molecule has 3 rings (SSSR count). The summed E-state index contributed by atoms with van der Waals surface area (Å²) < 4.78 is 6.86. The molecule has 122 valence electrons. The number of nitrogens with one attached hydrogen (secondary N) is 1. The number of hydrogen-bond acceptors (Lipinski definition) is 4. The van der Waals surface area contributed by atoms with Crippen LogP contribution in [-0.2, 0) is 6.54 Å². The van der Waals surface area contributed by atoms with Gasteiger partial charge in [-0.1, -0.05) is 12.1 Å². The fraction of sp³-hybridized carbons (Fsp3) is 0.412. The van der Waals surface area contributed by atoms with Crippen molar-refractivity contribution in [3.63, 3.8) is 0 Å². The van der Waals surface area contributed by atoms with Gasteiger partial charge in [0.15, 0.2) is 0 Å². The van der Waals surface area contributed by atoms with E-state index in [1.54, 1.807) is 31.1 Å². The molecule has 0 bridgehead atoms. The van der Waals surface area contributed by atoms with Crippen LogP contribution in [0.1, 0.15) is 35.7 Å². The van der Waals surface area contributed by atoms with Crippen LogP contribution in [0.15, 0.2) is 36.7 Å². The lowest BCUT2D eigenvalue weighted by Gasteiger charge is -2.41. The largest absolute Gasteiger partial charge is 0.497 e. The summed E-state index contributed by atoms with van der Waals surface area (Å²) in [6.07, 6.45) is 4.49. The normalized spacial score (nSPS) is 23.2. The van der Waals surface area contributed by atoms with E-state index in [2.05, 4.69) is 10.4 Å². The summed E-state index contributed by atoms with van der Waals surface area (Å²) in [5.74, 6) is 0.664. The molecular weight excluding hydrogens is 294 g/mol. The van der Waals surface area contributed by atoms with E-state index in [0.717, 1.165) is 11.3 Å². The van der Waals surface area contributed by atoms with E-state index >= 15 is 0 Å². The zero-order valence-corrected chi connectivity index (χ0v) is 13.3. The Morgan fingerprint density at radius 3 is 2.74 bits per heavy atom. The highest BCUT2D eigenvalue weighted by molar-refractivity contribution is 5.93. The van der Waals surface area contributed by atoms with Crippen LogP contribution in [-0.4, -0.2) is 39.5 Å². The van der Waals surface area contributed by atoms with Crippen molar-refractivity contribution in [2.45, 2.75) is 38.0 Å². The Kier molecular flexibility index (Phi) is 4.09. The van der Waals surface area contributed by atoms with E-state index in [1.165, 1.54) is 0 Å². The van der Waals surface area contributed by atoms with Crippen LogP contribution in [0.4, 0.5) is 0 Å². The number of hydrogen-bond donors (Lipinski definition) is 2. The van der Waals surface area contributed by atoms with Crippen LogP contribution in [0, 0.1) is 0 Å². The third kappa shape index (κ3) is 3.71. The Morgan fingerprint density at radius 1 is 1.43 bits per heavy atom. The highest BCUT2D eigenvalue weighted by Gasteiger charge is 2.39. The number of carbonyl (C=O) groups is 1. The number of benzene rings is 1. The maximum Gasteiger partial charge on any atom is 0.254 e. The van der Waals surface area contributed by atoms with E-state index in [-0.39, 0.29) is 11.9 Å². The van der Waals surface area contributed by atoms with Gasteiger partial charge in [-0.2, -0.15) is 5.10 Å². The van der Waals surface area contributed by atoms with Crippen molar-refractivity contribution in [1.29, 1.82) is 0 Å². The lowest BCUT2D eigenvalue weighted by Crippen LogP contribution is -2.53. The Morgan fingerprint density at radius 2 is 2.13 bits per heavy atom. The van der Waals surface area contributed by atoms with Crippen LogP contribution in [0.2, 0.25) is 0 Å². The minimum absolute atomic E-state index is 0.0439. The van der Waals surface area contributed by atoms with Crippen LogP contribution >= 0.6 is 0 Å². The second kappa shape index (κ2) is 6.04. The van der Waals surface area contributed by atoms with E-state index < -0.39 is 5.60 Å². The van der Waals surface area contributed by atoms with Crippen LogP contribution in [0.5, 0.6) is 5.75 Å². The molecule has 0 saturated heterocycles. The number of ether oxygens (including phenoxy) is 1. The fourth-order valence-electron chi connectivity index (χ4n) is 2.86. The Labute approximate surface area is 135 Å². The number of aromatic nitrogens is 2. The first kappa shape index (κ1) is 15.6. The van der Waals surface area contributed by atoms with E-state index in [1.807, 2.05) is 24.3 Å². The third-order valence-corrected chi connectivity index (χ3v) is 4.11. The van der Waals surface area contributed by atoms with Crippen molar-refractivity contribution in [3.8, 4) is 5.75 Å². The maximum absolute atomic E-state index is 12.1. The van der Waals surface area contributed by atoms with Gasteiger partial charge in [0.25, 0.3) is 5.91 Å². The molecule has 2 aromatic rings. The molecule has 1 aromatic heterocycles. The Balaban J connectivity index is 1.57. The number of amides is 1. The van der Waals surface area contributed by atoms with Gasteiger partial charge >= 0.3 is 0 Å². The molecule has 1 amide bonds. The molecule has 2 N–H and O–H groups in total. The molecule has 1 aliphatic rings. The average molecular weight is 315 g/mol. The van der Waals surface area contributed by atoms with Crippen molar-refractivity contribution < 1.29 is 14.6 Å². The summed E-state index contributed by atoms with van der Waals surface area (Å²) in [5, 5.41) is 16.8. The van der Waals surface area contributed by atoms with Crippen molar-refractivity contribution in [3.05, 3.63) is 47.8 Å². The molecule has 1 heterocycles. The van der Waals surface area contributed by atoms with E-state index in [4.69, 9.17) is 4.74 Å². The average Bonchev–Trinajstić information content (AvgIpc) is 2.95. The second-order valence-corrected chi connectivity index (χ2v) is 6.35. The summed E-state index contributed by atoms with van der Waals surface area (Å²) in [6, 6.07) is 7.78. The van der Waals surface area contributed by atoms with Crippen molar-refractivity contribution in [2.24, 2.45) is 0 Å². The molecule has 0 atom stereocenters. The quantitative estimate of drug-likeness (QED) is 0.878. The molecule has 6 heteroatoms. The maximum atomic E-state index is 12.1. The van der Waals surface area contributed by atoms with Gasteiger partial charge in [0.2, 0.25) is 0 Å². The SMILES string of the molecule is COc1ccc(Cn2cc(C(=O)NC3CC(C)(O)C3)cn2)cc1. The molecule has 6 nitrogen and oxygen atoms in total. The topological polar surface area (TPSA) is 76.4 Å². The molecular formula is C17H21N3O3. The first-order chi connectivity index (χ1) is 10.9. The second-order valence-electron chi connectivity index (χ2n) is 6.35. The minimum atomic E-state index is -0.642. The first-order valence-corrected chi connectivity index (χ1v) is 7.64. The number of rotatable bonds is 5. The predicted octanol–water partition coefficient (Wildman–Crippen LogP) is 1.58. The van der Waals surface area contributed by atoms with Crippen LogP contribution < -0.4 is 10.1 Å². The monoisotopic (exact) mass is 315 g/mol. The zero-order valence-electron chi connectivity index (χ0n) is 13.3. The van der Waals surface area contributed by atoms with E-state index in [0.29, 0.717) is 24.9 Å². The van der Waals surface area contributed by atoms with Gasteiger partial charge in [-0.05, 0) is 37.5 Å². The summed E-state index contributed by atoms with van der Waals surface area (Å²) >= 11 is 0. The number of carbonyl (C=O) groups excluding carboxylic acids is 1. The van der Waals surface area contributed by atoms with Crippen molar-refractivity contribution in [2.75, 3.05) is 7.11 Å². The lowest BCUT2D eigenvalue weighted by atomic mass is 9.77. The third-order valence-electron chi connectivity index (χ3n) is 4.11. The molecule has 1 aliphatic carbocycles. The fourth-order valence-corrected chi connectivity index (χ4v) is 2.86. The number of methoxy groups -OCH3 is 1. The molecule has 1 saturated carbocycles. The number of aliphatic hydroxyl groups is 1. The highest BCUT2D eigenvalue weighted by atomic mass is 16.5. The zero-order chi connectivity index (χ0) is 16.4. The highest BCUT2D eigenvalue weighted by Crippen LogP contribution is 2.31. The molecule has 0 aliphatic heterocycles. The molecule has 1 aromatic carbocycles. The smallest absolute Gasteiger partial charge is 0.254 e. The summed E-state index contributed by atoms with van der Waals surface area (Å²) in [7, 11) is 1.63. The van der Waals surface area contributed by atoms with Crippen LogP contribution in [0.25, 0.3) is 0 Å². The minimum Gasteiger partial charge on any atom is -0.497 e. The Bertz CT molecular complexity index is 683. The van der Waals surface area contributed by atoms with Gasteiger partial charge in [0, 0.05) is 12.2 Å². The van der Waals surface area contributed by atoms with Gasteiger partial charge in [0.05, 0.1) is 31.0 Å². The standard InChI is InChI=1S/C17H21N3O3/c1-17(22)7-14(8-17)19-16(21)13-9-18-20(11-13)10-12-3-5-15(23-2)6-4-12/h3-6,9,11,14,22H,7-8,10H2,1-2H3,(H,19,21). The molecule has 0 radical (unpaired) electrons. The van der Waals surface area contributed by atoms with Crippen molar-refractivity contribution in [1.82, 2.24) is 15.1 Å². The van der Waals surface area contributed by atoms with Crippen molar-refractivity contribution >= 4 is 5.91 Å². The summed E-state index contributed by atoms with van der Waals surface area (Å²) in [4.78, 5) is 12.1. The molecule has 23 heavy (non-hydrogen) atoms. The van der Waals surface area contributed by atoms with Gasteiger partial charge < -0.3 is 15.2 Å². The van der Waals surface area contributed by atoms with Gasteiger partial charge in [-0.15, -0.1) is 0 Å².